The van der Waals surface area contributed by atoms with Crippen molar-refractivity contribution < 1.29 is 14.3 Å². The fourth-order valence-electron chi connectivity index (χ4n) is 3.06. The van der Waals surface area contributed by atoms with Crippen LogP contribution in [0.15, 0.2) is 12.3 Å². The van der Waals surface area contributed by atoms with Crippen LogP contribution in [0.4, 0.5) is 15.6 Å². The topological polar surface area (TPSA) is 71.0 Å². The number of aromatic nitrogens is 2. The maximum absolute atomic E-state index is 12.7. The van der Waals surface area contributed by atoms with Crippen molar-refractivity contribution in [2.75, 3.05) is 57.3 Å². The van der Waals surface area contributed by atoms with E-state index in [1.165, 1.54) is 0 Å². The van der Waals surface area contributed by atoms with Crippen LogP contribution >= 0.6 is 22.9 Å². The number of fused-ring (bicyclic) bond motifs is 1. The molecule has 2 amide bonds. The SMILES string of the molecule is CCOCCN(C)C(=O)N(C)c1nc2c(s1)CN(c1cnc(Cl)c(OC)c1)CC2. The summed E-state index contributed by atoms with van der Waals surface area (Å²) in [6.07, 6.45) is 2.56. The molecule has 1 aliphatic heterocycles. The van der Waals surface area contributed by atoms with Gasteiger partial charge in [0.1, 0.15) is 0 Å². The lowest BCUT2D eigenvalue weighted by molar-refractivity contribution is 0.127. The van der Waals surface area contributed by atoms with Crippen LogP contribution in [0.3, 0.4) is 0 Å². The monoisotopic (exact) mass is 439 g/mol. The van der Waals surface area contributed by atoms with Gasteiger partial charge in [-0.2, -0.15) is 0 Å². The van der Waals surface area contributed by atoms with E-state index in [1.54, 1.807) is 48.5 Å². The second-order valence-electron chi connectivity index (χ2n) is 6.68. The molecule has 0 spiro atoms. The first-order chi connectivity index (χ1) is 13.9. The summed E-state index contributed by atoms with van der Waals surface area (Å²) in [4.78, 5) is 28.2. The Hall–Kier alpha value is -2.10. The standard InChI is InChI=1S/C19H26ClN5O3S/c1-5-28-9-8-23(2)19(26)24(3)18-22-14-6-7-25(12-16(14)29-18)13-10-15(27-4)17(20)21-11-13/h10-11H,5-9,12H2,1-4H3. The molecule has 0 radical (unpaired) electrons. The van der Waals surface area contributed by atoms with Crippen LogP contribution in [0.25, 0.3) is 0 Å². The third-order valence-electron chi connectivity index (χ3n) is 4.77. The van der Waals surface area contributed by atoms with Gasteiger partial charge in [-0.15, -0.1) is 0 Å². The summed E-state index contributed by atoms with van der Waals surface area (Å²) in [6.45, 7) is 5.17. The summed E-state index contributed by atoms with van der Waals surface area (Å²) in [7, 11) is 5.11. The van der Waals surface area contributed by atoms with Crippen molar-refractivity contribution in [3.05, 3.63) is 28.0 Å². The molecule has 2 aromatic heterocycles. The highest BCUT2D eigenvalue weighted by atomic mass is 35.5. The minimum Gasteiger partial charge on any atom is -0.493 e. The van der Waals surface area contributed by atoms with E-state index in [0.29, 0.717) is 42.3 Å². The average molecular weight is 440 g/mol. The summed E-state index contributed by atoms with van der Waals surface area (Å²) in [5.41, 5.74) is 2.00. The van der Waals surface area contributed by atoms with Gasteiger partial charge in [-0.05, 0) is 6.92 Å². The smallest absolute Gasteiger partial charge is 0.325 e. The van der Waals surface area contributed by atoms with Crippen molar-refractivity contribution >= 4 is 39.8 Å². The lowest BCUT2D eigenvalue weighted by atomic mass is 10.1. The number of likely N-dealkylation sites (N-methyl/N-ethyl adjacent to an activating group) is 1. The summed E-state index contributed by atoms with van der Waals surface area (Å²) in [6, 6.07) is 1.80. The van der Waals surface area contributed by atoms with Gasteiger partial charge in [-0.25, -0.2) is 14.8 Å². The number of carbonyl (C=O) groups excluding carboxylic acids is 1. The van der Waals surface area contributed by atoms with E-state index in [4.69, 9.17) is 26.1 Å². The molecular formula is C19H26ClN5O3S. The minimum absolute atomic E-state index is 0.0979. The Morgan fingerprint density at radius 2 is 2.21 bits per heavy atom. The molecule has 0 saturated carbocycles. The Bertz CT molecular complexity index is 862. The molecule has 0 fully saturated rings. The molecule has 0 N–H and O–H groups in total. The number of amides is 2. The second kappa shape index (κ2) is 9.60. The molecule has 0 aromatic carbocycles. The first-order valence-corrected chi connectivity index (χ1v) is 10.6. The number of halogens is 1. The summed E-state index contributed by atoms with van der Waals surface area (Å²) in [5, 5.41) is 1.06. The normalized spacial score (nSPS) is 13.2. The predicted molar refractivity (Wildman–Crippen MR) is 116 cm³/mol. The van der Waals surface area contributed by atoms with E-state index >= 15 is 0 Å². The number of methoxy groups -OCH3 is 1. The first-order valence-electron chi connectivity index (χ1n) is 9.44. The van der Waals surface area contributed by atoms with E-state index in [9.17, 15) is 4.79 Å². The number of urea groups is 1. The second-order valence-corrected chi connectivity index (χ2v) is 8.10. The fraction of sp³-hybridized carbons (Fsp3) is 0.526. The molecule has 10 heteroatoms. The molecule has 0 saturated heterocycles. The summed E-state index contributed by atoms with van der Waals surface area (Å²) in [5.74, 6) is 0.556. The Balaban J connectivity index is 1.69. The van der Waals surface area contributed by atoms with Crippen LogP contribution in [0, 0.1) is 0 Å². The molecule has 3 heterocycles. The van der Waals surface area contributed by atoms with E-state index in [0.717, 1.165) is 29.2 Å². The van der Waals surface area contributed by atoms with Gasteiger partial charge >= 0.3 is 6.03 Å². The van der Waals surface area contributed by atoms with Gasteiger partial charge in [-0.3, -0.25) is 4.90 Å². The minimum atomic E-state index is -0.0979. The van der Waals surface area contributed by atoms with Crippen molar-refractivity contribution in [2.24, 2.45) is 0 Å². The number of anilines is 2. The number of hydrogen-bond donors (Lipinski definition) is 0. The Morgan fingerprint density at radius 3 is 2.93 bits per heavy atom. The number of thiazole rings is 1. The zero-order valence-corrected chi connectivity index (χ0v) is 18.7. The van der Waals surface area contributed by atoms with Crippen molar-refractivity contribution in [3.63, 3.8) is 0 Å². The quantitative estimate of drug-likeness (QED) is 0.487. The molecule has 0 unspecified atom stereocenters. The van der Waals surface area contributed by atoms with Gasteiger partial charge in [0.05, 0.1) is 37.8 Å². The lowest BCUT2D eigenvalue weighted by Crippen LogP contribution is -2.40. The summed E-state index contributed by atoms with van der Waals surface area (Å²) >= 11 is 7.58. The Morgan fingerprint density at radius 1 is 1.41 bits per heavy atom. The van der Waals surface area contributed by atoms with E-state index in [2.05, 4.69) is 9.88 Å². The van der Waals surface area contributed by atoms with E-state index in [-0.39, 0.29) is 6.03 Å². The molecule has 0 aliphatic carbocycles. The number of hydrogen-bond acceptors (Lipinski definition) is 7. The lowest BCUT2D eigenvalue weighted by Gasteiger charge is -2.28. The highest BCUT2D eigenvalue weighted by Crippen LogP contribution is 2.34. The van der Waals surface area contributed by atoms with Crippen LogP contribution < -0.4 is 14.5 Å². The van der Waals surface area contributed by atoms with Crippen molar-refractivity contribution in [1.82, 2.24) is 14.9 Å². The number of carbonyl (C=O) groups is 1. The van der Waals surface area contributed by atoms with Gasteiger partial charge in [0.2, 0.25) is 0 Å². The highest BCUT2D eigenvalue weighted by Gasteiger charge is 2.25. The molecule has 0 bridgehead atoms. The third kappa shape index (κ3) is 4.91. The third-order valence-corrected chi connectivity index (χ3v) is 6.22. The maximum atomic E-state index is 12.7. The molecular weight excluding hydrogens is 414 g/mol. The van der Waals surface area contributed by atoms with Crippen LogP contribution in [-0.2, 0) is 17.7 Å². The molecule has 2 aromatic rings. The van der Waals surface area contributed by atoms with Crippen LogP contribution in [-0.4, -0.2) is 68.4 Å². The van der Waals surface area contributed by atoms with Crippen LogP contribution in [0.5, 0.6) is 5.75 Å². The molecule has 8 nitrogen and oxygen atoms in total. The van der Waals surface area contributed by atoms with Gasteiger partial charge in [-0.1, -0.05) is 22.9 Å². The Labute approximate surface area is 180 Å². The maximum Gasteiger partial charge on any atom is 0.325 e. The Kier molecular flexibility index (Phi) is 7.15. The molecule has 158 valence electrons. The number of pyridine rings is 1. The van der Waals surface area contributed by atoms with Crippen LogP contribution in [0.2, 0.25) is 5.15 Å². The largest absolute Gasteiger partial charge is 0.493 e. The van der Waals surface area contributed by atoms with Gasteiger partial charge < -0.3 is 19.3 Å². The molecule has 0 atom stereocenters. The van der Waals surface area contributed by atoms with Gasteiger partial charge in [0.25, 0.3) is 0 Å². The number of rotatable bonds is 7. The number of nitrogens with zero attached hydrogens (tertiary/aromatic N) is 5. The van der Waals surface area contributed by atoms with Crippen molar-refractivity contribution in [1.29, 1.82) is 0 Å². The molecule has 29 heavy (non-hydrogen) atoms. The van der Waals surface area contributed by atoms with Gasteiger partial charge in [0.15, 0.2) is 16.0 Å². The fourth-order valence-corrected chi connectivity index (χ4v) is 4.32. The van der Waals surface area contributed by atoms with E-state index < -0.39 is 0 Å². The van der Waals surface area contributed by atoms with Crippen molar-refractivity contribution in [2.45, 2.75) is 19.9 Å². The zero-order valence-electron chi connectivity index (χ0n) is 17.1. The first kappa shape index (κ1) is 21.6. The van der Waals surface area contributed by atoms with Gasteiger partial charge in [0, 0.05) is 51.2 Å². The summed E-state index contributed by atoms with van der Waals surface area (Å²) < 4.78 is 10.6. The van der Waals surface area contributed by atoms with Crippen LogP contribution in [0.1, 0.15) is 17.5 Å². The zero-order chi connectivity index (χ0) is 21.0. The molecule has 1 aliphatic rings. The average Bonchev–Trinajstić information content (AvgIpc) is 3.16. The van der Waals surface area contributed by atoms with Crippen molar-refractivity contribution in [3.8, 4) is 5.75 Å². The number of ether oxygens (including phenoxy) is 2. The predicted octanol–water partition coefficient (Wildman–Crippen LogP) is 3.29. The van der Waals surface area contributed by atoms with E-state index in [1.807, 2.05) is 13.0 Å². The molecule has 3 rings (SSSR count). The highest BCUT2D eigenvalue weighted by molar-refractivity contribution is 7.16.